The van der Waals surface area contributed by atoms with Gasteiger partial charge in [-0.2, -0.15) is 0 Å². The first kappa shape index (κ1) is 17.1. The Morgan fingerprint density at radius 2 is 1.25 bits per heavy atom. The van der Waals surface area contributed by atoms with Crippen molar-refractivity contribution in [1.82, 2.24) is 10.0 Å². The molecule has 5 heteroatoms. The quantitative estimate of drug-likeness (QED) is 0.791. The van der Waals surface area contributed by atoms with Crippen LogP contribution in [0.2, 0.25) is 0 Å². The fourth-order valence-corrected chi connectivity index (χ4v) is 4.08. The maximum Gasteiger partial charge on any atom is 0.241 e. The van der Waals surface area contributed by atoms with Crippen LogP contribution in [0, 0.1) is 34.6 Å². The fraction of sp³-hybridized carbons (Fsp3) is 0.600. The lowest BCUT2D eigenvalue weighted by molar-refractivity contribution is 0.575. The van der Waals surface area contributed by atoms with Gasteiger partial charge in [-0.05, 0) is 82.4 Å². The van der Waals surface area contributed by atoms with Crippen molar-refractivity contribution in [2.75, 3.05) is 20.1 Å². The summed E-state index contributed by atoms with van der Waals surface area (Å²) in [4.78, 5) is 0.447. The van der Waals surface area contributed by atoms with Gasteiger partial charge in [-0.3, -0.25) is 0 Å². The highest BCUT2D eigenvalue weighted by Crippen LogP contribution is 2.29. The molecular weight excluding hydrogens is 272 g/mol. The molecule has 0 aliphatic carbocycles. The van der Waals surface area contributed by atoms with E-state index in [4.69, 9.17) is 0 Å². The van der Waals surface area contributed by atoms with Crippen molar-refractivity contribution in [3.05, 3.63) is 27.8 Å². The minimum absolute atomic E-state index is 0.447. The molecular formula is C15H26N2O2S. The second-order valence-corrected chi connectivity index (χ2v) is 7.01. The van der Waals surface area contributed by atoms with Crippen LogP contribution in [0.25, 0.3) is 0 Å². The fourth-order valence-electron chi connectivity index (χ4n) is 2.41. The summed E-state index contributed by atoms with van der Waals surface area (Å²) in [6.07, 6.45) is 0.775. The summed E-state index contributed by atoms with van der Waals surface area (Å²) < 4.78 is 27.7. The molecule has 1 aromatic carbocycles. The zero-order valence-corrected chi connectivity index (χ0v) is 14.2. The molecule has 0 radical (unpaired) electrons. The maximum atomic E-state index is 12.5. The number of hydrogen-bond donors (Lipinski definition) is 2. The third-order valence-electron chi connectivity index (χ3n) is 4.10. The molecule has 4 nitrogen and oxygen atoms in total. The Morgan fingerprint density at radius 1 is 0.800 bits per heavy atom. The summed E-state index contributed by atoms with van der Waals surface area (Å²) in [6, 6.07) is 0. The first-order valence-electron chi connectivity index (χ1n) is 6.95. The molecule has 0 aliphatic heterocycles. The van der Waals surface area contributed by atoms with Gasteiger partial charge >= 0.3 is 0 Å². The Hall–Kier alpha value is -0.910. The van der Waals surface area contributed by atoms with E-state index in [9.17, 15) is 8.42 Å². The molecule has 0 fully saturated rings. The lowest BCUT2D eigenvalue weighted by atomic mass is 9.95. The van der Waals surface area contributed by atoms with Crippen LogP contribution in [-0.4, -0.2) is 28.6 Å². The monoisotopic (exact) mass is 298 g/mol. The zero-order chi connectivity index (χ0) is 15.5. The molecule has 20 heavy (non-hydrogen) atoms. The predicted molar refractivity (Wildman–Crippen MR) is 83.9 cm³/mol. The summed E-state index contributed by atoms with van der Waals surface area (Å²) >= 11 is 0. The molecule has 0 spiro atoms. The Bertz CT molecular complexity index is 563. The maximum absolute atomic E-state index is 12.5. The van der Waals surface area contributed by atoms with E-state index in [0.717, 1.165) is 35.2 Å². The second-order valence-electron chi connectivity index (χ2n) is 5.31. The topological polar surface area (TPSA) is 58.2 Å². The van der Waals surface area contributed by atoms with E-state index in [2.05, 4.69) is 10.0 Å². The van der Waals surface area contributed by atoms with Crippen LogP contribution in [0.4, 0.5) is 0 Å². The van der Waals surface area contributed by atoms with Gasteiger partial charge in [0.1, 0.15) is 0 Å². The Morgan fingerprint density at radius 3 is 1.70 bits per heavy atom. The molecule has 2 N–H and O–H groups in total. The molecule has 1 aromatic rings. The van der Waals surface area contributed by atoms with E-state index in [0.29, 0.717) is 11.4 Å². The van der Waals surface area contributed by atoms with E-state index < -0.39 is 10.0 Å². The third kappa shape index (κ3) is 3.40. The van der Waals surface area contributed by atoms with Crippen LogP contribution < -0.4 is 10.0 Å². The van der Waals surface area contributed by atoms with E-state index in [1.165, 1.54) is 5.56 Å². The van der Waals surface area contributed by atoms with Crippen LogP contribution >= 0.6 is 0 Å². The summed E-state index contributed by atoms with van der Waals surface area (Å²) in [5.41, 5.74) is 5.00. The minimum atomic E-state index is -3.44. The molecule has 0 saturated carbocycles. The molecule has 0 amide bonds. The van der Waals surface area contributed by atoms with E-state index in [-0.39, 0.29) is 0 Å². The number of nitrogens with one attached hydrogen (secondary N) is 2. The van der Waals surface area contributed by atoms with Crippen LogP contribution in [0.15, 0.2) is 4.90 Å². The van der Waals surface area contributed by atoms with Gasteiger partial charge in [-0.1, -0.05) is 0 Å². The standard InChI is InChI=1S/C15H26N2O2S/c1-10-11(2)13(4)15(14(5)12(10)3)20(18,19)17-9-7-8-16-6/h16-17H,7-9H2,1-6H3. The first-order valence-corrected chi connectivity index (χ1v) is 8.43. The third-order valence-corrected chi connectivity index (χ3v) is 5.83. The Balaban J connectivity index is 3.19. The molecule has 0 bridgehead atoms. The van der Waals surface area contributed by atoms with Crippen molar-refractivity contribution >= 4 is 10.0 Å². The normalized spacial score (nSPS) is 11.9. The lowest BCUT2D eigenvalue weighted by Crippen LogP contribution is -2.28. The SMILES string of the molecule is CNCCCNS(=O)(=O)c1c(C)c(C)c(C)c(C)c1C. The van der Waals surface area contributed by atoms with Crippen LogP contribution in [0.5, 0.6) is 0 Å². The van der Waals surface area contributed by atoms with Gasteiger partial charge in [0.05, 0.1) is 4.90 Å². The average molecular weight is 298 g/mol. The molecule has 0 aromatic heterocycles. The van der Waals surface area contributed by atoms with E-state index in [1.807, 2.05) is 41.7 Å². The van der Waals surface area contributed by atoms with Crippen molar-refractivity contribution in [3.8, 4) is 0 Å². The highest BCUT2D eigenvalue weighted by molar-refractivity contribution is 7.89. The molecule has 114 valence electrons. The van der Waals surface area contributed by atoms with Crippen molar-refractivity contribution in [2.24, 2.45) is 0 Å². The van der Waals surface area contributed by atoms with E-state index in [1.54, 1.807) is 0 Å². The van der Waals surface area contributed by atoms with Crippen LogP contribution in [-0.2, 0) is 10.0 Å². The molecule has 1 rings (SSSR count). The van der Waals surface area contributed by atoms with Crippen molar-refractivity contribution in [1.29, 1.82) is 0 Å². The smallest absolute Gasteiger partial charge is 0.241 e. The molecule has 0 aliphatic rings. The molecule has 0 atom stereocenters. The van der Waals surface area contributed by atoms with Gasteiger partial charge in [0, 0.05) is 6.54 Å². The first-order chi connectivity index (χ1) is 9.24. The van der Waals surface area contributed by atoms with Gasteiger partial charge in [-0.25, -0.2) is 13.1 Å². The highest BCUT2D eigenvalue weighted by atomic mass is 32.2. The van der Waals surface area contributed by atoms with Gasteiger partial charge in [0.2, 0.25) is 10.0 Å². The lowest BCUT2D eigenvalue weighted by Gasteiger charge is -2.19. The predicted octanol–water partition coefficient (Wildman–Crippen LogP) is 2.12. The zero-order valence-electron chi connectivity index (χ0n) is 13.3. The van der Waals surface area contributed by atoms with Crippen LogP contribution in [0.3, 0.4) is 0 Å². The number of hydrogen-bond acceptors (Lipinski definition) is 3. The van der Waals surface area contributed by atoms with Gasteiger partial charge in [0.25, 0.3) is 0 Å². The molecule has 0 heterocycles. The van der Waals surface area contributed by atoms with E-state index >= 15 is 0 Å². The van der Waals surface area contributed by atoms with Gasteiger partial charge < -0.3 is 5.32 Å². The highest BCUT2D eigenvalue weighted by Gasteiger charge is 2.22. The second kappa shape index (κ2) is 6.70. The average Bonchev–Trinajstić information content (AvgIpc) is 2.39. The van der Waals surface area contributed by atoms with Crippen molar-refractivity contribution < 1.29 is 8.42 Å². The molecule has 0 unspecified atom stereocenters. The number of rotatable bonds is 6. The largest absolute Gasteiger partial charge is 0.320 e. The Kier molecular flexibility index (Phi) is 5.74. The summed E-state index contributed by atoms with van der Waals surface area (Å²) in [5.74, 6) is 0. The minimum Gasteiger partial charge on any atom is -0.320 e. The number of benzene rings is 1. The summed E-state index contributed by atoms with van der Waals surface area (Å²) in [5, 5.41) is 3.01. The van der Waals surface area contributed by atoms with Crippen molar-refractivity contribution in [2.45, 2.75) is 45.9 Å². The van der Waals surface area contributed by atoms with Crippen molar-refractivity contribution in [3.63, 3.8) is 0 Å². The Labute approximate surface area is 123 Å². The number of sulfonamides is 1. The molecule has 0 saturated heterocycles. The summed E-state index contributed by atoms with van der Waals surface area (Å²) in [7, 11) is -1.58. The van der Waals surface area contributed by atoms with Crippen LogP contribution in [0.1, 0.15) is 34.2 Å². The van der Waals surface area contributed by atoms with Gasteiger partial charge in [0.15, 0.2) is 0 Å². The van der Waals surface area contributed by atoms with Gasteiger partial charge in [-0.15, -0.1) is 0 Å². The summed E-state index contributed by atoms with van der Waals surface area (Å²) in [6.45, 7) is 11.0.